The second-order valence-electron chi connectivity index (χ2n) is 14.5. The van der Waals surface area contributed by atoms with Crippen LogP contribution in [0.1, 0.15) is 123 Å². The SMILES string of the molecule is CC/C=C\CC(O)/C=C/C=C/C/C=C\C/C=C\C/C=C\CCC(=O)OC[C@H](COP(=O)([O-])OCC[N+](C)(C)C)OC(=O)CCCCCCC/C=C\CCCC. The average molecular weight is 792 g/mol. The summed E-state index contributed by atoms with van der Waals surface area (Å²) in [7, 11) is 1.08. The maximum absolute atomic E-state index is 12.6. The van der Waals surface area contributed by atoms with E-state index in [-0.39, 0.29) is 26.1 Å². The number of hydrogen-bond acceptors (Lipinski definition) is 9. The van der Waals surface area contributed by atoms with Crippen molar-refractivity contribution in [2.75, 3.05) is 47.5 Å². The Balaban J connectivity index is 4.56. The van der Waals surface area contributed by atoms with Gasteiger partial charge in [-0.05, 0) is 64.2 Å². The van der Waals surface area contributed by atoms with Crippen molar-refractivity contribution in [2.45, 2.75) is 135 Å². The Bertz CT molecular complexity index is 1230. The van der Waals surface area contributed by atoms with Crippen LogP contribution in [0.5, 0.6) is 0 Å². The number of allylic oxidation sites excluding steroid dienone is 12. The zero-order valence-corrected chi connectivity index (χ0v) is 35.6. The summed E-state index contributed by atoms with van der Waals surface area (Å²) < 4.78 is 33.6. The van der Waals surface area contributed by atoms with Crippen LogP contribution in [0.15, 0.2) is 85.1 Å². The summed E-state index contributed by atoms with van der Waals surface area (Å²) in [5.41, 5.74) is 0. The number of aliphatic hydroxyl groups is 1. The summed E-state index contributed by atoms with van der Waals surface area (Å²) in [6.07, 6.45) is 41.0. The van der Waals surface area contributed by atoms with Crippen LogP contribution in [-0.2, 0) is 32.7 Å². The molecule has 0 aromatic rings. The second kappa shape index (κ2) is 35.6. The van der Waals surface area contributed by atoms with E-state index in [1.807, 2.05) is 63.7 Å². The van der Waals surface area contributed by atoms with Crippen molar-refractivity contribution in [2.24, 2.45) is 0 Å². The van der Waals surface area contributed by atoms with Gasteiger partial charge in [-0.25, -0.2) is 0 Å². The summed E-state index contributed by atoms with van der Waals surface area (Å²) in [6.45, 7) is 3.83. The molecule has 0 fully saturated rings. The standard InChI is InChI=1S/C44H74NO9P/c1-6-8-10-11-12-13-17-22-25-28-32-36-44(48)54-42(40-53-55(49,50)52-38-37-45(3,4)5)39-51-43(47)35-31-27-24-21-19-16-14-15-18-20-23-26-30-34-41(46)33-29-9-7-2/h9,11-12,15-16,18-19,23-24,26-27,29-30,34,41-42,46H,6-8,10,13-14,17,20-22,25,28,31-33,35-40H2,1-5H3/b12-11-,18-15-,19-16-,26-23+,27-24-,29-9-,34-30+/t41?,42-/m1/s1. The first kappa shape index (κ1) is 52.2. The van der Waals surface area contributed by atoms with Crippen molar-refractivity contribution in [3.05, 3.63) is 85.1 Å². The predicted molar refractivity (Wildman–Crippen MR) is 223 cm³/mol. The van der Waals surface area contributed by atoms with Crippen LogP contribution in [-0.4, -0.2) is 81.2 Å². The molecule has 0 bridgehead atoms. The topological polar surface area (TPSA) is 131 Å². The van der Waals surface area contributed by atoms with Crippen molar-refractivity contribution in [1.82, 2.24) is 0 Å². The van der Waals surface area contributed by atoms with E-state index in [9.17, 15) is 24.2 Å². The van der Waals surface area contributed by atoms with Crippen LogP contribution in [0.4, 0.5) is 0 Å². The molecular formula is C44H74NO9P. The number of quaternary nitrogens is 1. The molecule has 0 saturated heterocycles. The van der Waals surface area contributed by atoms with Crippen molar-refractivity contribution in [3.8, 4) is 0 Å². The van der Waals surface area contributed by atoms with E-state index in [0.717, 1.165) is 64.2 Å². The first-order valence-corrected chi connectivity index (χ1v) is 21.9. The van der Waals surface area contributed by atoms with Gasteiger partial charge in [-0.15, -0.1) is 0 Å². The Morgan fingerprint density at radius 1 is 0.691 bits per heavy atom. The number of unbranched alkanes of at least 4 members (excludes halogenated alkanes) is 7. The molecular weight excluding hydrogens is 717 g/mol. The lowest BCUT2D eigenvalue weighted by Crippen LogP contribution is -2.37. The number of carbonyl (C=O) groups excluding carboxylic acids is 2. The van der Waals surface area contributed by atoms with Crippen LogP contribution in [0.3, 0.4) is 0 Å². The zero-order valence-electron chi connectivity index (χ0n) is 34.7. The van der Waals surface area contributed by atoms with Gasteiger partial charge in [-0.3, -0.25) is 14.2 Å². The Hall–Kier alpha value is -2.85. The number of hydrogen-bond donors (Lipinski definition) is 1. The van der Waals surface area contributed by atoms with Crippen LogP contribution in [0.2, 0.25) is 0 Å². The molecule has 10 nitrogen and oxygen atoms in total. The van der Waals surface area contributed by atoms with Crippen molar-refractivity contribution >= 4 is 19.8 Å². The van der Waals surface area contributed by atoms with Gasteiger partial charge >= 0.3 is 11.9 Å². The molecule has 0 spiro atoms. The van der Waals surface area contributed by atoms with Crippen molar-refractivity contribution in [3.63, 3.8) is 0 Å². The van der Waals surface area contributed by atoms with Gasteiger partial charge < -0.3 is 33.0 Å². The molecule has 0 rings (SSSR count). The van der Waals surface area contributed by atoms with E-state index in [0.29, 0.717) is 30.3 Å². The van der Waals surface area contributed by atoms with Gasteiger partial charge in [0.1, 0.15) is 19.8 Å². The van der Waals surface area contributed by atoms with E-state index >= 15 is 0 Å². The van der Waals surface area contributed by atoms with E-state index in [4.69, 9.17) is 18.5 Å². The molecule has 2 unspecified atom stereocenters. The van der Waals surface area contributed by atoms with Crippen LogP contribution in [0.25, 0.3) is 0 Å². The molecule has 0 amide bonds. The molecule has 1 N–H and O–H groups in total. The van der Waals surface area contributed by atoms with E-state index in [1.54, 1.807) is 6.08 Å². The number of aliphatic hydroxyl groups excluding tert-OH is 1. The third kappa shape index (κ3) is 39.2. The van der Waals surface area contributed by atoms with Crippen LogP contribution < -0.4 is 4.89 Å². The first-order chi connectivity index (χ1) is 26.4. The Kier molecular flexibility index (Phi) is 33.7. The summed E-state index contributed by atoms with van der Waals surface area (Å²) in [5, 5.41) is 9.83. The number of nitrogens with zero attached hydrogens (tertiary/aromatic N) is 1. The van der Waals surface area contributed by atoms with Gasteiger partial charge in [-0.1, -0.05) is 131 Å². The zero-order chi connectivity index (χ0) is 40.9. The van der Waals surface area contributed by atoms with Crippen molar-refractivity contribution < 1.29 is 47.2 Å². The smallest absolute Gasteiger partial charge is 0.306 e. The van der Waals surface area contributed by atoms with Gasteiger partial charge in [0.25, 0.3) is 7.82 Å². The number of phosphoric ester groups is 1. The molecule has 0 aliphatic carbocycles. The van der Waals surface area contributed by atoms with Gasteiger partial charge in [0.15, 0.2) is 6.10 Å². The third-order valence-corrected chi connectivity index (χ3v) is 8.96. The molecule has 314 valence electrons. The number of carbonyl (C=O) groups is 2. The Labute approximate surface area is 333 Å². The largest absolute Gasteiger partial charge is 0.756 e. The van der Waals surface area contributed by atoms with Crippen molar-refractivity contribution in [1.29, 1.82) is 0 Å². The molecule has 0 heterocycles. The predicted octanol–water partition coefficient (Wildman–Crippen LogP) is 9.58. The Morgan fingerprint density at radius 3 is 1.98 bits per heavy atom. The molecule has 0 aromatic heterocycles. The van der Waals surface area contributed by atoms with Crippen LogP contribution in [0, 0.1) is 0 Å². The van der Waals surface area contributed by atoms with Gasteiger partial charge in [0.05, 0.1) is 33.9 Å². The number of likely N-dealkylation sites (N-methyl/N-ethyl adjacent to an activating group) is 1. The summed E-state index contributed by atoms with van der Waals surface area (Å²) in [6, 6.07) is 0. The molecule has 0 aliphatic heterocycles. The van der Waals surface area contributed by atoms with E-state index < -0.39 is 38.6 Å². The number of rotatable bonds is 35. The molecule has 11 heteroatoms. The third-order valence-electron chi connectivity index (χ3n) is 7.99. The molecule has 0 aliphatic rings. The van der Waals surface area contributed by atoms with Gasteiger partial charge in [-0.2, -0.15) is 0 Å². The normalized spacial score (nSPS) is 15.1. The molecule has 0 saturated carbocycles. The van der Waals surface area contributed by atoms with Gasteiger partial charge in [0.2, 0.25) is 0 Å². The molecule has 0 radical (unpaired) electrons. The van der Waals surface area contributed by atoms with E-state index in [1.165, 1.54) is 12.8 Å². The highest BCUT2D eigenvalue weighted by atomic mass is 31.2. The van der Waals surface area contributed by atoms with E-state index in [2.05, 4.69) is 50.3 Å². The fraction of sp³-hybridized carbons (Fsp3) is 0.636. The number of ether oxygens (including phenoxy) is 2. The lowest BCUT2D eigenvalue weighted by Gasteiger charge is -2.28. The Morgan fingerprint density at radius 2 is 1.31 bits per heavy atom. The lowest BCUT2D eigenvalue weighted by atomic mass is 10.1. The highest BCUT2D eigenvalue weighted by Crippen LogP contribution is 2.38. The quantitative estimate of drug-likeness (QED) is 0.0167. The minimum absolute atomic E-state index is 0.0547. The first-order valence-electron chi connectivity index (χ1n) is 20.4. The number of phosphoric acid groups is 1. The maximum atomic E-state index is 12.6. The highest BCUT2D eigenvalue weighted by Gasteiger charge is 2.21. The fourth-order valence-electron chi connectivity index (χ4n) is 4.74. The average Bonchev–Trinajstić information content (AvgIpc) is 3.12. The maximum Gasteiger partial charge on any atom is 0.306 e. The monoisotopic (exact) mass is 792 g/mol. The minimum atomic E-state index is -4.65. The minimum Gasteiger partial charge on any atom is -0.756 e. The summed E-state index contributed by atoms with van der Waals surface area (Å²) in [5.74, 6) is -0.976. The summed E-state index contributed by atoms with van der Waals surface area (Å²) in [4.78, 5) is 37.3. The van der Waals surface area contributed by atoms with Gasteiger partial charge in [0, 0.05) is 12.8 Å². The fourth-order valence-corrected chi connectivity index (χ4v) is 5.47. The summed E-state index contributed by atoms with van der Waals surface area (Å²) >= 11 is 0. The highest BCUT2D eigenvalue weighted by molar-refractivity contribution is 7.45. The lowest BCUT2D eigenvalue weighted by molar-refractivity contribution is -0.870. The second-order valence-corrected chi connectivity index (χ2v) is 15.9. The molecule has 3 atom stereocenters. The molecule has 55 heavy (non-hydrogen) atoms. The number of esters is 2. The molecule has 0 aromatic carbocycles. The van der Waals surface area contributed by atoms with Crippen LogP contribution >= 0.6 is 7.82 Å².